The summed E-state index contributed by atoms with van der Waals surface area (Å²) in [7, 11) is 1.54. The molecule has 3 atom stereocenters. The van der Waals surface area contributed by atoms with Crippen LogP contribution in [0, 0.1) is 0 Å². The number of phosphoric acid groups is 1. The third-order valence-corrected chi connectivity index (χ3v) is 9.82. The van der Waals surface area contributed by atoms with Crippen LogP contribution in [0.4, 0.5) is 0 Å². The summed E-state index contributed by atoms with van der Waals surface area (Å²) in [5.74, 6) is -0.206. The van der Waals surface area contributed by atoms with E-state index in [1.165, 1.54) is 89.9 Å². The Morgan fingerprint density at radius 1 is 0.660 bits per heavy atom. The Hall–Kier alpha value is -1.28. The van der Waals surface area contributed by atoms with Gasteiger partial charge in [0.15, 0.2) is 0 Å². The summed E-state index contributed by atoms with van der Waals surface area (Å²) < 4.78 is 23.3. The molecule has 0 aromatic rings. The van der Waals surface area contributed by atoms with Crippen molar-refractivity contribution in [3.05, 3.63) is 36.5 Å². The third kappa shape index (κ3) is 35.1. The fourth-order valence-corrected chi connectivity index (χ4v) is 6.28. The molecule has 0 aliphatic heterocycles. The van der Waals surface area contributed by atoms with Crippen LogP contribution in [0.25, 0.3) is 0 Å². The quantitative estimate of drug-likeness (QED) is 0.0257. The van der Waals surface area contributed by atoms with E-state index in [-0.39, 0.29) is 19.1 Å². The summed E-state index contributed by atoms with van der Waals surface area (Å²) in [5.41, 5.74) is 0. The number of allylic oxidation sites excluding steroid dienone is 5. The topological polar surface area (TPSA) is 105 Å². The minimum atomic E-state index is -4.33. The summed E-state index contributed by atoms with van der Waals surface area (Å²) in [4.78, 5) is 22.7. The van der Waals surface area contributed by atoms with Gasteiger partial charge in [-0.15, -0.1) is 0 Å². The van der Waals surface area contributed by atoms with Crippen LogP contribution in [0.5, 0.6) is 0 Å². The molecule has 9 heteroatoms. The number of quaternary nitrogens is 1. The molecular weight excluding hydrogens is 647 g/mol. The number of rotatable bonds is 36. The van der Waals surface area contributed by atoms with Gasteiger partial charge in [-0.3, -0.25) is 13.8 Å². The molecule has 50 heavy (non-hydrogen) atoms. The van der Waals surface area contributed by atoms with Crippen LogP contribution in [0.3, 0.4) is 0 Å². The second kappa shape index (κ2) is 33.5. The number of carbonyl (C=O) groups is 1. The number of likely N-dealkylation sites (N-methyl/N-ethyl adjacent to an activating group) is 1. The molecule has 0 aliphatic rings. The fourth-order valence-electron chi connectivity index (χ4n) is 5.54. The van der Waals surface area contributed by atoms with E-state index in [0.717, 1.165) is 57.8 Å². The second-order valence-corrected chi connectivity index (χ2v) is 16.5. The number of aliphatic hydroxyl groups excluding tert-OH is 1. The molecule has 0 saturated carbocycles. The molecule has 0 saturated heterocycles. The highest BCUT2D eigenvalue weighted by Gasteiger charge is 2.27. The Bertz CT molecular complexity index is 917. The fraction of sp³-hybridized carbons (Fsp3) is 0.829. The summed E-state index contributed by atoms with van der Waals surface area (Å²) in [6.07, 6.45) is 39.8. The molecule has 0 fully saturated rings. The Balaban J connectivity index is 4.29. The normalized spacial score (nSPS) is 14.9. The monoisotopic (exact) mass is 728 g/mol. The molecule has 294 valence electrons. The Labute approximate surface area is 308 Å². The van der Waals surface area contributed by atoms with Crippen molar-refractivity contribution in [1.82, 2.24) is 5.32 Å². The largest absolute Gasteiger partial charge is 0.472 e. The lowest BCUT2D eigenvalue weighted by molar-refractivity contribution is -0.870. The molecular formula is C41H80N2O6P+. The third-order valence-electron chi connectivity index (χ3n) is 8.84. The van der Waals surface area contributed by atoms with Crippen LogP contribution in [0.15, 0.2) is 36.5 Å². The van der Waals surface area contributed by atoms with Crippen molar-refractivity contribution < 1.29 is 32.9 Å². The maximum atomic E-state index is 12.6. The van der Waals surface area contributed by atoms with Crippen LogP contribution in [-0.4, -0.2) is 73.4 Å². The van der Waals surface area contributed by atoms with Gasteiger partial charge in [0, 0.05) is 6.42 Å². The van der Waals surface area contributed by atoms with Gasteiger partial charge in [-0.1, -0.05) is 153 Å². The van der Waals surface area contributed by atoms with Crippen molar-refractivity contribution >= 4 is 13.7 Å². The van der Waals surface area contributed by atoms with Gasteiger partial charge in [0.05, 0.1) is 39.9 Å². The number of unbranched alkanes of at least 4 members (excludes halogenated alkanes) is 19. The number of amides is 1. The molecule has 0 aromatic heterocycles. The number of carbonyl (C=O) groups excluding carboxylic acids is 1. The van der Waals surface area contributed by atoms with Crippen molar-refractivity contribution in [2.24, 2.45) is 0 Å². The molecule has 8 nitrogen and oxygen atoms in total. The molecule has 0 aliphatic carbocycles. The van der Waals surface area contributed by atoms with Crippen molar-refractivity contribution in [3.63, 3.8) is 0 Å². The molecule has 0 bridgehead atoms. The first-order chi connectivity index (χ1) is 24.0. The first-order valence-electron chi connectivity index (χ1n) is 20.4. The molecule has 3 N–H and O–H groups in total. The van der Waals surface area contributed by atoms with Crippen molar-refractivity contribution in [2.45, 2.75) is 180 Å². The Morgan fingerprint density at radius 2 is 1.10 bits per heavy atom. The van der Waals surface area contributed by atoms with Gasteiger partial charge in [-0.25, -0.2) is 4.57 Å². The number of nitrogens with one attached hydrogen (secondary N) is 1. The van der Waals surface area contributed by atoms with E-state index >= 15 is 0 Å². The van der Waals surface area contributed by atoms with E-state index in [4.69, 9.17) is 9.05 Å². The lowest BCUT2D eigenvalue weighted by atomic mass is 10.0. The zero-order chi connectivity index (χ0) is 37.2. The molecule has 1 amide bonds. The Morgan fingerprint density at radius 3 is 1.60 bits per heavy atom. The maximum absolute atomic E-state index is 12.6. The van der Waals surface area contributed by atoms with E-state index < -0.39 is 20.0 Å². The molecule has 0 radical (unpaired) electrons. The first kappa shape index (κ1) is 48.7. The molecule has 0 rings (SSSR count). The van der Waals surface area contributed by atoms with Crippen LogP contribution in [-0.2, 0) is 18.4 Å². The van der Waals surface area contributed by atoms with Gasteiger partial charge < -0.3 is 19.8 Å². The molecule has 0 heterocycles. The number of phosphoric ester groups is 1. The van der Waals surface area contributed by atoms with Crippen LogP contribution in [0.2, 0.25) is 0 Å². The van der Waals surface area contributed by atoms with Crippen LogP contribution >= 0.6 is 7.82 Å². The van der Waals surface area contributed by atoms with E-state index in [1.807, 2.05) is 27.2 Å². The lowest BCUT2D eigenvalue weighted by Gasteiger charge is -2.25. The van der Waals surface area contributed by atoms with Gasteiger partial charge in [-0.05, 0) is 44.9 Å². The van der Waals surface area contributed by atoms with Crippen molar-refractivity contribution in [3.8, 4) is 0 Å². The van der Waals surface area contributed by atoms with Gasteiger partial charge in [0.2, 0.25) is 5.91 Å². The van der Waals surface area contributed by atoms with Crippen LogP contribution < -0.4 is 5.32 Å². The molecule has 0 spiro atoms. The highest BCUT2D eigenvalue weighted by molar-refractivity contribution is 7.47. The van der Waals surface area contributed by atoms with Crippen LogP contribution in [0.1, 0.15) is 168 Å². The SMILES string of the molecule is CCCCCCCCCCCCCCC/C=C/CC/C=C/CC/C=C/C(O)C(COP(=O)(O)OCC[N+](C)(C)C)NC(=O)CCCCCCC. The standard InChI is InChI=1S/C41H79N2O6P/c1-6-8-10-12-13-14-15-16-17-18-19-20-21-22-23-24-25-26-27-28-29-31-32-34-40(44)39(42-41(45)35-33-30-11-9-7-2)38-49-50(46,47)48-37-36-43(3,4)5/h23-24,27-28,32,34,39-40,44H,6-22,25-26,29-31,33,35-38H2,1-5H3,(H-,42,45,46,47)/p+1/b24-23+,28-27+,34-32+. The second-order valence-electron chi connectivity index (χ2n) is 15.0. The summed E-state index contributed by atoms with van der Waals surface area (Å²) in [6, 6.07) is -0.862. The summed E-state index contributed by atoms with van der Waals surface area (Å²) in [5, 5.41) is 13.6. The zero-order valence-corrected chi connectivity index (χ0v) is 34.0. The van der Waals surface area contributed by atoms with E-state index in [1.54, 1.807) is 6.08 Å². The van der Waals surface area contributed by atoms with Crippen molar-refractivity contribution in [1.29, 1.82) is 0 Å². The highest BCUT2D eigenvalue weighted by atomic mass is 31.2. The first-order valence-corrected chi connectivity index (χ1v) is 21.9. The van der Waals surface area contributed by atoms with Crippen molar-refractivity contribution in [2.75, 3.05) is 40.9 Å². The average Bonchev–Trinajstić information content (AvgIpc) is 3.06. The van der Waals surface area contributed by atoms with Gasteiger partial charge in [-0.2, -0.15) is 0 Å². The summed E-state index contributed by atoms with van der Waals surface area (Å²) >= 11 is 0. The number of hydrogen-bond acceptors (Lipinski definition) is 5. The lowest BCUT2D eigenvalue weighted by Crippen LogP contribution is -2.45. The van der Waals surface area contributed by atoms with Gasteiger partial charge in [0.25, 0.3) is 0 Å². The highest BCUT2D eigenvalue weighted by Crippen LogP contribution is 2.43. The number of aliphatic hydroxyl groups is 1. The molecule has 0 aromatic carbocycles. The predicted octanol–water partition coefficient (Wildman–Crippen LogP) is 10.7. The average molecular weight is 728 g/mol. The van der Waals surface area contributed by atoms with E-state index in [9.17, 15) is 19.4 Å². The number of nitrogens with zero attached hydrogens (tertiary/aromatic N) is 1. The van der Waals surface area contributed by atoms with Gasteiger partial charge >= 0.3 is 7.82 Å². The minimum Gasteiger partial charge on any atom is -0.387 e. The maximum Gasteiger partial charge on any atom is 0.472 e. The van der Waals surface area contributed by atoms with E-state index in [0.29, 0.717) is 17.4 Å². The number of hydrogen-bond donors (Lipinski definition) is 3. The minimum absolute atomic E-state index is 0.0534. The smallest absolute Gasteiger partial charge is 0.387 e. The van der Waals surface area contributed by atoms with Gasteiger partial charge in [0.1, 0.15) is 13.2 Å². The molecule has 3 unspecified atom stereocenters. The zero-order valence-electron chi connectivity index (χ0n) is 33.1. The van der Waals surface area contributed by atoms with E-state index in [2.05, 4.69) is 43.5 Å². The predicted molar refractivity (Wildman–Crippen MR) is 212 cm³/mol. The summed E-state index contributed by atoms with van der Waals surface area (Å²) in [6.45, 7) is 4.67. The Kier molecular flexibility index (Phi) is 32.7.